The molecule has 3 rings (SSSR count). The van der Waals surface area contributed by atoms with Crippen molar-refractivity contribution in [2.45, 2.75) is 19.4 Å². The van der Waals surface area contributed by atoms with Crippen molar-refractivity contribution in [1.82, 2.24) is 10.5 Å². The molecule has 1 unspecified atom stereocenters. The molecule has 1 aromatic carbocycles. The Labute approximate surface area is 132 Å². The third kappa shape index (κ3) is 3.60. The second-order valence-electron chi connectivity index (χ2n) is 5.12. The van der Waals surface area contributed by atoms with E-state index in [2.05, 4.69) is 21.1 Å². The van der Waals surface area contributed by atoms with Crippen molar-refractivity contribution in [3.05, 3.63) is 36.2 Å². The zero-order valence-corrected chi connectivity index (χ0v) is 12.5. The molecule has 0 saturated carbocycles. The molecule has 2 heterocycles. The lowest BCUT2D eigenvalue weighted by Crippen LogP contribution is -2.34. The highest BCUT2D eigenvalue weighted by Crippen LogP contribution is 2.32. The van der Waals surface area contributed by atoms with Gasteiger partial charge >= 0.3 is 6.03 Å². The molecule has 0 saturated heterocycles. The topological polar surface area (TPSA) is 105 Å². The molecular weight excluding hydrogens is 300 g/mol. The number of carbonyl (C=O) groups excluding carboxylic acids is 2. The summed E-state index contributed by atoms with van der Waals surface area (Å²) in [6.07, 6.45) is 3.24. The normalized spacial score (nSPS) is 16.0. The van der Waals surface area contributed by atoms with Gasteiger partial charge in [0.2, 0.25) is 0 Å². The Balaban J connectivity index is 1.54. The monoisotopic (exact) mass is 316 g/mol. The lowest BCUT2D eigenvalue weighted by molar-refractivity contribution is -0.122. The maximum absolute atomic E-state index is 11.8. The molecule has 0 bridgehead atoms. The maximum atomic E-state index is 11.8. The van der Waals surface area contributed by atoms with Gasteiger partial charge in [0.05, 0.1) is 11.9 Å². The number of amides is 3. The van der Waals surface area contributed by atoms with E-state index in [1.807, 2.05) is 0 Å². The van der Waals surface area contributed by atoms with Crippen LogP contribution in [0, 0.1) is 0 Å². The summed E-state index contributed by atoms with van der Waals surface area (Å²) in [5.74, 6) is 0.364. The van der Waals surface area contributed by atoms with E-state index in [9.17, 15) is 9.59 Å². The number of rotatable bonds is 4. The molecule has 2 aromatic rings. The summed E-state index contributed by atoms with van der Waals surface area (Å²) < 4.78 is 10.2. The van der Waals surface area contributed by atoms with Gasteiger partial charge in [0.15, 0.2) is 6.10 Å². The number of carbonyl (C=O) groups is 2. The van der Waals surface area contributed by atoms with Gasteiger partial charge < -0.3 is 25.2 Å². The van der Waals surface area contributed by atoms with Crippen molar-refractivity contribution in [3.63, 3.8) is 0 Å². The predicted molar refractivity (Wildman–Crippen MR) is 82.4 cm³/mol. The number of fused-ring (bicyclic) bond motifs is 1. The number of hydrogen-bond acceptors (Lipinski definition) is 5. The standard InChI is InChI=1S/C15H16N4O4/c1-9-14(20)19-12-6-11(2-3-13(12)23-9)18-15(21)16-5-4-10-7-17-22-8-10/h2-3,6-9H,4-5H2,1H3,(H,19,20)(H2,16,18,21). The molecule has 1 aliphatic heterocycles. The van der Waals surface area contributed by atoms with Crippen molar-refractivity contribution in [1.29, 1.82) is 0 Å². The second-order valence-corrected chi connectivity index (χ2v) is 5.12. The molecule has 0 spiro atoms. The molecule has 1 aromatic heterocycles. The van der Waals surface area contributed by atoms with Gasteiger partial charge in [-0.3, -0.25) is 4.79 Å². The summed E-state index contributed by atoms with van der Waals surface area (Å²) in [5, 5.41) is 11.8. The van der Waals surface area contributed by atoms with Crippen LogP contribution in [0.5, 0.6) is 5.75 Å². The summed E-state index contributed by atoms with van der Waals surface area (Å²) in [7, 11) is 0. The van der Waals surface area contributed by atoms with E-state index in [0.29, 0.717) is 30.1 Å². The Hall–Kier alpha value is -3.03. The molecule has 1 aliphatic rings. The molecule has 120 valence electrons. The fourth-order valence-electron chi connectivity index (χ4n) is 2.13. The lowest BCUT2D eigenvalue weighted by atomic mass is 10.2. The predicted octanol–water partition coefficient (Wildman–Crippen LogP) is 1.76. The van der Waals surface area contributed by atoms with Crippen LogP contribution in [-0.4, -0.2) is 29.7 Å². The van der Waals surface area contributed by atoms with Crippen molar-refractivity contribution in [2.75, 3.05) is 17.2 Å². The van der Waals surface area contributed by atoms with E-state index < -0.39 is 6.10 Å². The van der Waals surface area contributed by atoms with E-state index in [4.69, 9.17) is 9.26 Å². The first-order valence-corrected chi connectivity index (χ1v) is 7.16. The zero-order valence-electron chi connectivity index (χ0n) is 12.5. The van der Waals surface area contributed by atoms with Gasteiger partial charge in [0.1, 0.15) is 12.0 Å². The third-order valence-electron chi connectivity index (χ3n) is 3.35. The van der Waals surface area contributed by atoms with Crippen LogP contribution in [0.2, 0.25) is 0 Å². The Morgan fingerprint density at radius 2 is 2.30 bits per heavy atom. The number of ether oxygens (including phenoxy) is 1. The number of nitrogens with zero attached hydrogens (tertiary/aromatic N) is 1. The van der Waals surface area contributed by atoms with Crippen LogP contribution in [0.1, 0.15) is 12.5 Å². The second kappa shape index (κ2) is 6.39. The number of anilines is 2. The number of hydrogen-bond donors (Lipinski definition) is 3. The van der Waals surface area contributed by atoms with Crippen molar-refractivity contribution >= 4 is 23.3 Å². The Morgan fingerprint density at radius 3 is 3.09 bits per heavy atom. The van der Waals surface area contributed by atoms with Gasteiger partial charge in [-0.2, -0.15) is 0 Å². The average Bonchev–Trinajstić information content (AvgIpc) is 3.02. The first-order valence-electron chi connectivity index (χ1n) is 7.16. The van der Waals surface area contributed by atoms with E-state index in [0.717, 1.165) is 5.56 Å². The molecule has 23 heavy (non-hydrogen) atoms. The summed E-state index contributed by atoms with van der Waals surface area (Å²) in [6.45, 7) is 2.13. The van der Waals surface area contributed by atoms with Crippen LogP contribution in [0.4, 0.5) is 16.2 Å². The van der Waals surface area contributed by atoms with Crippen LogP contribution in [0.15, 0.2) is 35.2 Å². The molecule has 1 atom stereocenters. The van der Waals surface area contributed by atoms with Gasteiger partial charge in [-0.05, 0) is 31.5 Å². The van der Waals surface area contributed by atoms with Crippen LogP contribution in [0.3, 0.4) is 0 Å². The number of nitrogens with one attached hydrogen (secondary N) is 3. The van der Waals surface area contributed by atoms with Crippen LogP contribution in [0.25, 0.3) is 0 Å². The summed E-state index contributed by atoms with van der Waals surface area (Å²) in [6, 6.07) is 4.73. The smallest absolute Gasteiger partial charge is 0.319 e. The molecule has 8 nitrogen and oxygen atoms in total. The maximum Gasteiger partial charge on any atom is 0.319 e. The van der Waals surface area contributed by atoms with E-state index in [-0.39, 0.29) is 11.9 Å². The van der Waals surface area contributed by atoms with Gasteiger partial charge in [0, 0.05) is 17.8 Å². The minimum absolute atomic E-state index is 0.215. The molecule has 3 amide bonds. The highest BCUT2D eigenvalue weighted by molar-refractivity contribution is 5.99. The van der Waals surface area contributed by atoms with Crippen LogP contribution >= 0.6 is 0 Å². The lowest BCUT2D eigenvalue weighted by Gasteiger charge is -2.23. The quantitative estimate of drug-likeness (QED) is 0.797. The number of benzene rings is 1. The van der Waals surface area contributed by atoms with E-state index >= 15 is 0 Å². The SMILES string of the molecule is CC1Oc2ccc(NC(=O)NCCc3cnoc3)cc2NC1=O. The van der Waals surface area contributed by atoms with Gasteiger partial charge in [-0.15, -0.1) is 0 Å². The Kier molecular flexibility index (Phi) is 4.13. The number of aromatic nitrogens is 1. The first kappa shape index (κ1) is 14.9. The molecular formula is C15H16N4O4. The van der Waals surface area contributed by atoms with E-state index in [1.165, 1.54) is 6.26 Å². The van der Waals surface area contributed by atoms with Crippen molar-refractivity contribution in [3.8, 4) is 5.75 Å². The fraction of sp³-hybridized carbons (Fsp3) is 0.267. The van der Waals surface area contributed by atoms with Crippen LogP contribution < -0.4 is 20.7 Å². The largest absolute Gasteiger partial charge is 0.479 e. The summed E-state index contributed by atoms with van der Waals surface area (Å²) >= 11 is 0. The zero-order chi connectivity index (χ0) is 16.2. The highest BCUT2D eigenvalue weighted by Gasteiger charge is 2.23. The fourth-order valence-corrected chi connectivity index (χ4v) is 2.13. The van der Waals surface area contributed by atoms with Crippen LogP contribution in [-0.2, 0) is 11.2 Å². The molecule has 0 radical (unpaired) electrons. The molecule has 3 N–H and O–H groups in total. The van der Waals surface area contributed by atoms with Gasteiger partial charge in [-0.1, -0.05) is 5.16 Å². The number of urea groups is 1. The van der Waals surface area contributed by atoms with Crippen molar-refractivity contribution in [2.24, 2.45) is 0 Å². The molecule has 0 aliphatic carbocycles. The third-order valence-corrected chi connectivity index (χ3v) is 3.35. The Bertz CT molecular complexity index is 714. The van der Waals surface area contributed by atoms with Crippen molar-refractivity contribution < 1.29 is 18.8 Å². The van der Waals surface area contributed by atoms with Gasteiger partial charge in [0.25, 0.3) is 5.91 Å². The minimum atomic E-state index is -0.526. The Morgan fingerprint density at radius 1 is 1.43 bits per heavy atom. The average molecular weight is 316 g/mol. The summed E-state index contributed by atoms with van der Waals surface area (Å²) in [4.78, 5) is 23.4. The van der Waals surface area contributed by atoms with E-state index in [1.54, 1.807) is 31.3 Å². The minimum Gasteiger partial charge on any atom is -0.479 e. The molecule has 8 heteroatoms. The molecule has 0 fully saturated rings. The van der Waals surface area contributed by atoms with Gasteiger partial charge in [-0.25, -0.2) is 4.79 Å². The first-order chi connectivity index (χ1) is 11.1. The summed E-state index contributed by atoms with van der Waals surface area (Å²) in [5.41, 5.74) is 2.01. The highest BCUT2D eigenvalue weighted by atomic mass is 16.5.